The van der Waals surface area contributed by atoms with Crippen LogP contribution in [0.3, 0.4) is 0 Å². The van der Waals surface area contributed by atoms with E-state index >= 15 is 0 Å². The van der Waals surface area contributed by atoms with Crippen molar-refractivity contribution in [3.8, 4) is 0 Å². The van der Waals surface area contributed by atoms with E-state index in [9.17, 15) is 4.79 Å². The van der Waals surface area contributed by atoms with Gasteiger partial charge in [-0.05, 0) is 31.8 Å². The lowest BCUT2D eigenvalue weighted by atomic mass is 10.2. The number of ether oxygens (including phenoxy) is 1. The number of hydrogen-bond donors (Lipinski definition) is 0. The van der Waals surface area contributed by atoms with Gasteiger partial charge >= 0.3 is 5.97 Å². The van der Waals surface area contributed by atoms with E-state index in [4.69, 9.17) is 4.74 Å². The van der Waals surface area contributed by atoms with Gasteiger partial charge < -0.3 is 4.74 Å². The van der Waals surface area contributed by atoms with Gasteiger partial charge in [-0.1, -0.05) is 0 Å². The van der Waals surface area contributed by atoms with Crippen molar-refractivity contribution >= 4 is 5.97 Å². The van der Waals surface area contributed by atoms with Gasteiger partial charge in [0.25, 0.3) is 0 Å². The van der Waals surface area contributed by atoms with Crippen molar-refractivity contribution < 1.29 is 9.53 Å². The van der Waals surface area contributed by atoms with Crippen molar-refractivity contribution in [3.05, 3.63) is 11.6 Å². The molecule has 2 aliphatic rings. The SMILES string of the molecule is CC1=CC(C2CC2)OC1=O. The van der Waals surface area contributed by atoms with Crippen LogP contribution in [0.5, 0.6) is 0 Å². The second-order valence-corrected chi connectivity index (χ2v) is 3.06. The topological polar surface area (TPSA) is 26.3 Å². The summed E-state index contributed by atoms with van der Waals surface area (Å²) >= 11 is 0. The van der Waals surface area contributed by atoms with Crippen LogP contribution >= 0.6 is 0 Å². The molecule has 1 atom stereocenters. The molecule has 0 radical (unpaired) electrons. The minimum atomic E-state index is -0.128. The fourth-order valence-electron chi connectivity index (χ4n) is 1.22. The Hall–Kier alpha value is -0.790. The van der Waals surface area contributed by atoms with Crippen molar-refractivity contribution in [2.24, 2.45) is 5.92 Å². The van der Waals surface area contributed by atoms with Crippen LogP contribution in [0, 0.1) is 5.92 Å². The zero-order valence-electron chi connectivity index (χ0n) is 5.96. The second kappa shape index (κ2) is 1.84. The van der Waals surface area contributed by atoms with E-state index in [0.717, 1.165) is 5.57 Å². The molecule has 2 rings (SSSR count). The van der Waals surface area contributed by atoms with Crippen LogP contribution in [0.25, 0.3) is 0 Å². The fourth-order valence-corrected chi connectivity index (χ4v) is 1.22. The first kappa shape index (κ1) is 5.96. The van der Waals surface area contributed by atoms with Gasteiger partial charge in [0.15, 0.2) is 0 Å². The van der Waals surface area contributed by atoms with E-state index in [2.05, 4.69) is 0 Å². The summed E-state index contributed by atoms with van der Waals surface area (Å²) < 4.78 is 5.07. The molecule has 1 heterocycles. The highest BCUT2D eigenvalue weighted by Crippen LogP contribution is 2.37. The standard InChI is InChI=1S/C8H10O2/c1-5-4-7(6-2-3-6)10-8(5)9/h4,6-7H,2-3H2,1H3. The van der Waals surface area contributed by atoms with Crippen LogP contribution in [0.1, 0.15) is 19.8 Å². The van der Waals surface area contributed by atoms with E-state index in [1.165, 1.54) is 12.8 Å². The van der Waals surface area contributed by atoms with Gasteiger partial charge in [-0.3, -0.25) is 0 Å². The molecule has 0 saturated heterocycles. The third kappa shape index (κ3) is 0.838. The van der Waals surface area contributed by atoms with E-state index in [-0.39, 0.29) is 12.1 Å². The summed E-state index contributed by atoms with van der Waals surface area (Å²) in [7, 11) is 0. The normalized spacial score (nSPS) is 31.9. The van der Waals surface area contributed by atoms with Crippen LogP contribution < -0.4 is 0 Å². The first-order valence-electron chi connectivity index (χ1n) is 3.67. The lowest BCUT2D eigenvalue weighted by Gasteiger charge is -2.03. The summed E-state index contributed by atoms with van der Waals surface area (Å²) in [5.74, 6) is 0.512. The summed E-state index contributed by atoms with van der Waals surface area (Å²) in [5.41, 5.74) is 0.775. The van der Waals surface area contributed by atoms with E-state index in [1.807, 2.05) is 13.0 Å². The molecule has 0 N–H and O–H groups in total. The highest BCUT2D eigenvalue weighted by atomic mass is 16.5. The van der Waals surface area contributed by atoms with E-state index in [0.29, 0.717) is 5.92 Å². The Morgan fingerprint density at radius 2 is 2.30 bits per heavy atom. The molecule has 0 bridgehead atoms. The van der Waals surface area contributed by atoms with Crippen LogP contribution in [-0.4, -0.2) is 12.1 Å². The van der Waals surface area contributed by atoms with Gasteiger partial charge in [-0.2, -0.15) is 0 Å². The Morgan fingerprint density at radius 3 is 2.70 bits per heavy atom. The number of carbonyl (C=O) groups is 1. The molecule has 0 spiro atoms. The highest BCUT2D eigenvalue weighted by molar-refractivity contribution is 5.90. The molecule has 2 heteroatoms. The lowest BCUT2D eigenvalue weighted by Crippen LogP contribution is -2.09. The van der Waals surface area contributed by atoms with E-state index in [1.54, 1.807) is 0 Å². The lowest BCUT2D eigenvalue weighted by molar-refractivity contribution is -0.140. The molecule has 0 aromatic carbocycles. The number of cyclic esters (lactones) is 1. The fraction of sp³-hybridized carbons (Fsp3) is 0.625. The quantitative estimate of drug-likeness (QED) is 0.510. The third-order valence-corrected chi connectivity index (χ3v) is 2.07. The molecule has 0 aromatic heterocycles. The molecular formula is C8H10O2. The molecule has 54 valence electrons. The minimum Gasteiger partial charge on any atom is -0.454 e. The summed E-state index contributed by atoms with van der Waals surface area (Å²) in [6, 6.07) is 0. The maximum atomic E-state index is 10.8. The first-order valence-corrected chi connectivity index (χ1v) is 3.67. The van der Waals surface area contributed by atoms with Gasteiger partial charge in [-0.15, -0.1) is 0 Å². The number of rotatable bonds is 1. The summed E-state index contributed by atoms with van der Waals surface area (Å²) in [6.07, 6.45) is 4.51. The Balaban J connectivity index is 2.09. The van der Waals surface area contributed by atoms with Crippen LogP contribution in [0.15, 0.2) is 11.6 Å². The monoisotopic (exact) mass is 138 g/mol. The molecule has 2 nitrogen and oxygen atoms in total. The number of esters is 1. The van der Waals surface area contributed by atoms with Gasteiger partial charge in [0.2, 0.25) is 0 Å². The smallest absolute Gasteiger partial charge is 0.334 e. The number of carbonyl (C=O) groups excluding carboxylic acids is 1. The average Bonchev–Trinajstić information content (AvgIpc) is 2.64. The molecule has 1 aliphatic carbocycles. The Morgan fingerprint density at radius 1 is 1.60 bits per heavy atom. The van der Waals surface area contributed by atoms with Crippen molar-refractivity contribution in [2.75, 3.05) is 0 Å². The Bertz CT molecular complexity index is 201. The first-order chi connectivity index (χ1) is 4.77. The molecule has 0 aromatic rings. The average molecular weight is 138 g/mol. The minimum absolute atomic E-state index is 0.118. The zero-order chi connectivity index (χ0) is 7.14. The van der Waals surface area contributed by atoms with Gasteiger partial charge in [-0.25, -0.2) is 4.79 Å². The maximum Gasteiger partial charge on any atom is 0.334 e. The molecule has 10 heavy (non-hydrogen) atoms. The molecule has 1 saturated carbocycles. The summed E-state index contributed by atoms with van der Waals surface area (Å²) in [4.78, 5) is 10.8. The van der Waals surface area contributed by atoms with Gasteiger partial charge in [0.05, 0.1) is 0 Å². The maximum absolute atomic E-state index is 10.8. The van der Waals surface area contributed by atoms with Crippen molar-refractivity contribution in [2.45, 2.75) is 25.9 Å². The predicted octanol–water partition coefficient (Wildman–Crippen LogP) is 1.27. The van der Waals surface area contributed by atoms with Crippen molar-refractivity contribution in [1.82, 2.24) is 0 Å². The van der Waals surface area contributed by atoms with Gasteiger partial charge in [0, 0.05) is 5.57 Å². The molecular weight excluding hydrogens is 128 g/mol. The van der Waals surface area contributed by atoms with Gasteiger partial charge in [0.1, 0.15) is 6.10 Å². The van der Waals surface area contributed by atoms with Crippen LogP contribution in [0.2, 0.25) is 0 Å². The molecule has 1 fully saturated rings. The largest absolute Gasteiger partial charge is 0.454 e. The van der Waals surface area contributed by atoms with Crippen molar-refractivity contribution in [3.63, 3.8) is 0 Å². The van der Waals surface area contributed by atoms with Crippen LogP contribution in [-0.2, 0) is 9.53 Å². The zero-order valence-corrected chi connectivity index (χ0v) is 5.96. The number of hydrogen-bond acceptors (Lipinski definition) is 2. The Labute approximate surface area is 59.9 Å². The predicted molar refractivity (Wildman–Crippen MR) is 36.4 cm³/mol. The van der Waals surface area contributed by atoms with Crippen molar-refractivity contribution in [1.29, 1.82) is 0 Å². The molecule has 1 aliphatic heterocycles. The van der Waals surface area contributed by atoms with Crippen LogP contribution in [0.4, 0.5) is 0 Å². The highest BCUT2D eigenvalue weighted by Gasteiger charge is 2.36. The third-order valence-electron chi connectivity index (χ3n) is 2.07. The van der Waals surface area contributed by atoms with E-state index < -0.39 is 0 Å². The Kier molecular flexibility index (Phi) is 1.10. The molecule has 0 amide bonds. The molecule has 1 unspecified atom stereocenters. The summed E-state index contributed by atoms with van der Waals surface area (Å²) in [5, 5.41) is 0. The summed E-state index contributed by atoms with van der Waals surface area (Å²) in [6.45, 7) is 1.81. The second-order valence-electron chi connectivity index (χ2n) is 3.06.